The molecule has 0 heterocycles. The average Bonchev–Trinajstić information content (AvgIpc) is 2.29. The Labute approximate surface area is 101 Å². The maximum Gasteiger partial charge on any atom is 0.0640 e. The molecule has 0 saturated heterocycles. The van der Waals surface area contributed by atoms with Crippen molar-refractivity contribution in [3.8, 4) is 0 Å². The highest BCUT2D eigenvalue weighted by Crippen LogP contribution is 2.23. The van der Waals surface area contributed by atoms with Gasteiger partial charge >= 0.3 is 0 Å². The second-order valence-corrected chi connectivity index (χ2v) is 4.23. The lowest BCUT2D eigenvalue weighted by molar-refractivity contribution is 1.15. The fraction of sp³-hybridized carbons (Fsp3) is 0.143. The van der Waals surface area contributed by atoms with Gasteiger partial charge in [-0.05, 0) is 30.2 Å². The van der Waals surface area contributed by atoms with E-state index in [1.165, 1.54) is 11.1 Å². The van der Waals surface area contributed by atoms with Crippen LogP contribution in [0.3, 0.4) is 0 Å². The summed E-state index contributed by atoms with van der Waals surface area (Å²) in [5, 5.41) is 4.10. The lowest BCUT2D eigenvalue weighted by Gasteiger charge is -2.08. The van der Waals surface area contributed by atoms with Crippen LogP contribution in [0.4, 0.5) is 5.69 Å². The monoisotopic (exact) mass is 231 g/mol. The molecule has 0 bridgehead atoms. The van der Waals surface area contributed by atoms with Gasteiger partial charge < -0.3 is 5.32 Å². The summed E-state index contributed by atoms with van der Waals surface area (Å²) in [5.41, 5.74) is 3.41. The molecule has 0 aromatic heterocycles. The van der Waals surface area contributed by atoms with Crippen LogP contribution < -0.4 is 5.32 Å². The molecular weight excluding hydrogens is 218 g/mol. The summed E-state index contributed by atoms with van der Waals surface area (Å²) in [7, 11) is 0. The highest BCUT2D eigenvalue weighted by molar-refractivity contribution is 6.33. The van der Waals surface area contributed by atoms with Gasteiger partial charge in [0.1, 0.15) is 0 Å². The Morgan fingerprint density at radius 3 is 2.50 bits per heavy atom. The van der Waals surface area contributed by atoms with Crippen molar-refractivity contribution in [2.45, 2.75) is 13.5 Å². The molecule has 0 spiro atoms. The first-order chi connectivity index (χ1) is 7.75. The van der Waals surface area contributed by atoms with Crippen LogP contribution in [0.1, 0.15) is 11.1 Å². The summed E-state index contributed by atoms with van der Waals surface area (Å²) in [4.78, 5) is 0. The Hall–Kier alpha value is -1.47. The number of halogens is 1. The molecule has 16 heavy (non-hydrogen) atoms. The minimum atomic E-state index is 0.774. The van der Waals surface area contributed by atoms with E-state index in [1.807, 2.05) is 37.3 Å². The molecule has 0 unspecified atom stereocenters. The van der Waals surface area contributed by atoms with Crippen LogP contribution in [0.25, 0.3) is 0 Å². The van der Waals surface area contributed by atoms with Gasteiger partial charge in [0, 0.05) is 6.54 Å². The fourth-order valence-electron chi connectivity index (χ4n) is 1.56. The third-order valence-corrected chi connectivity index (χ3v) is 2.76. The van der Waals surface area contributed by atoms with Crippen LogP contribution in [0.15, 0.2) is 48.5 Å². The second-order valence-electron chi connectivity index (χ2n) is 3.82. The summed E-state index contributed by atoms with van der Waals surface area (Å²) in [6.45, 7) is 2.83. The molecule has 2 rings (SSSR count). The zero-order chi connectivity index (χ0) is 11.4. The summed E-state index contributed by atoms with van der Waals surface area (Å²) in [5.74, 6) is 0. The van der Waals surface area contributed by atoms with Gasteiger partial charge in [0.05, 0.1) is 10.7 Å². The van der Waals surface area contributed by atoms with Crippen molar-refractivity contribution >= 4 is 17.3 Å². The molecule has 2 aromatic carbocycles. The van der Waals surface area contributed by atoms with Crippen molar-refractivity contribution in [3.05, 3.63) is 64.7 Å². The normalized spacial score (nSPS) is 10.1. The third-order valence-electron chi connectivity index (χ3n) is 2.45. The van der Waals surface area contributed by atoms with Gasteiger partial charge in [-0.3, -0.25) is 0 Å². The highest BCUT2D eigenvalue weighted by atomic mass is 35.5. The van der Waals surface area contributed by atoms with E-state index in [-0.39, 0.29) is 0 Å². The first-order valence-electron chi connectivity index (χ1n) is 5.29. The lowest BCUT2D eigenvalue weighted by Crippen LogP contribution is -1.99. The van der Waals surface area contributed by atoms with Gasteiger partial charge in [0.25, 0.3) is 0 Å². The number of anilines is 1. The quantitative estimate of drug-likeness (QED) is 0.832. The number of hydrogen-bond acceptors (Lipinski definition) is 1. The Morgan fingerprint density at radius 1 is 1.06 bits per heavy atom. The third kappa shape index (κ3) is 2.77. The van der Waals surface area contributed by atoms with Crippen LogP contribution in [0.5, 0.6) is 0 Å². The van der Waals surface area contributed by atoms with E-state index in [1.54, 1.807) is 0 Å². The molecule has 1 nitrogen and oxygen atoms in total. The minimum absolute atomic E-state index is 0.774. The number of aryl methyl sites for hydroxylation is 1. The van der Waals surface area contributed by atoms with Gasteiger partial charge in [0.15, 0.2) is 0 Å². The molecule has 0 atom stereocenters. The predicted octanol–water partition coefficient (Wildman–Crippen LogP) is 4.26. The summed E-state index contributed by atoms with van der Waals surface area (Å²) >= 11 is 6.13. The first-order valence-corrected chi connectivity index (χ1v) is 5.67. The highest BCUT2D eigenvalue weighted by Gasteiger charge is 1.99. The van der Waals surface area contributed by atoms with E-state index < -0.39 is 0 Å². The first kappa shape index (κ1) is 11.0. The van der Waals surface area contributed by atoms with E-state index in [9.17, 15) is 0 Å². The molecule has 82 valence electrons. The van der Waals surface area contributed by atoms with Crippen LogP contribution in [-0.4, -0.2) is 0 Å². The molecule has 0 aliphatic carbocycles. The number of rotatable bonds is 3. The van der Waals surface area contributed by atoms with Crippen LogP contribution in [0.2, 0.25) is 5.02 Å². The van der Waals surface area contributed by atoms with Gasteiger partial charge in [-0.1, -0.05) is 48.0 Å². The van der Waals surface area contributed by atoms with Gasteiger partial charge in [-0.15, -0.1) is 0 Å². The van der Waals surface area contributed by atoms with Crippen molar-refractivity contribution in [2.24, 2.45) is 0 Å². The van der Waals surface area contributed by atoms with Crippen molar-refractivity contribution in [1.29, 1.82) is 0 Å². The molecule has 0 amide bonds. The maximum atomic E-state index is 6.13. The second kappa shape index (κ2) is 5.04. The van der Waals surface area contributed by atoms with E-state index in [4.69, 9.17) is 11.6 Å². The predicted molar refractivity (Wildman–Crippen MR) is 70.0 cm³/mol. The van der Waals surface area contributed by atoms with Crippen LogP contribution in [0, 0.1) is 6.92 Å². The molecule has 0 fully saturated rings. The molecular formula is C14H14ClN. The number of nitrogens with one attached hydrogen (secondary N) is 1. The molecule has 0 aliphatic rings. The minimum Gasteiger partial charge on any atom is -0.380 e. The molecule has 2 aromatic rings. The van der Waals surface area contributed by atoms with Crippen LogP contribution in [-0.2, 0) is 6.54 Å². The Bertz CT molecular complexity index is 465. The van der Waals surface area contributed by atoms with Crippen molar-refractivity contribution < 1.29 is 0 Å². The SMILES string of the molecule is Cc1ccc(NCc2ccccc2)c(Cl)c1. The average molecular weight is 232 g/mol. The van der Waals surface area contributed by atoms with E-state index in [0.29, 0.717) is 0 Å². The van der Waals surface area contributed by atoms with Gasteiger partial charge in [0.2, 0.25) is 0 Å². The maximum absolute atomic E-state index is 6.13. The number of benzene rings is 2. The van der Waals surface area contributed by atoms with E-state index in [0.717, 1.165) is 17.3 Å². The zero-order valence-electron chi connectivity index (χ0n) is 9.20. The van der Waals surface area contributed by atoms with E-state index in [2.05, 4.69) is 23.5 Å². The van der Waals surface area contributed by atoms with Gasteiger partial charge in [-0.2, -0.15) is 0 Å². The molecule has 0 saturated carbocycles. The smallest absolute Gasteiger partial charge is 0.0640 e. The standard InChI is InChI=1S/C14H14ClN/c1-11-7-8-14(13(15)9-11)16-10-12-5-3-2-4-6-12/h2-9,16H,10H2,1H3. The Morgan fingerprint density at radius 2 is 1.81 bits per heavy atom. The molecule has 0 aliphatic heterocycles. The zero-order valence-corrected chi connectivity index (χ0v) is 9.96. The largest absolute Gasteiger partial charge is 0.380 e. The fourth-order valence-corrected chi connectivity index (χ4v) is 1.86. The Kier molecular flexibility index (Phi) is 3.47. The van der Waals surface area contributed by atoms with Crippen molar-refractivity contribution in [1.82, 2.24) is 0 Å². The summed E-state index contributed by atoms with van der Waals surface area (Å²) in [6, 6.07) is 16.3. The molecule has 0 radical (unpaired) electrons. The molecule has 2 heteroatoms. The summed E-state index contributed by atoms with van der Waals surface area (Å²) < 4.78 is 0. The van der Waals surface area contributed by atoms with E-state index >= 15 is 0 Å². The lowest BCUT2D eigenvalue weighted by atomic mass is 10.2. The van der Waals surface area contributed by atoms with Crippen molar-refractivity contribution in [2.75, 3.05) is 5.32 Å². The van der Waals surface area contributed by atoms with Gasteiger partial charge in [-0.25, -0.2) is 0 Å². The number of hydrogen-bond donors (Lipinski definition) is 1. The van der Waals surface area contributed by atoms with Crippen LogP contribution >= 0.6 is 11.6 Å². The summed E-state index contributed by atoms with van der Waals surface area (Å²) in [6.07, 6.45) is 0. The topological polar surface area (TPSA) is 12.0 Å². The van der Waals surface area contributed by atoms with Crippen molar-refractivity contribution in [3.63, 3.8) is 0 Å². The molecule has 1 N–H and O–H groups in total. The Balaban J connectivity index is 2.05.